The monoisotopic (exact) mass is 356 g/mol. The molecule has 1 fully saturated rings. The highest BCUT2D eigenvalue weighted by Gasteiger charge is 2.28. The molecule has 138 valence electrons. The van der Waals surface area contributed by atoms with Gasteiger partial charge in [0.2, 0.25) is 11.8 Å². The molecule has 1 unspecified atom stereocenters. The molecule has 4 heterocycles. The van der Waals surface area contributed by atoms with Crippen LogP contribution in [0.1, 0.15) is 12.0 Å². The summed E-state index contributed by atoms with van der Waals surface area (Å²) in [6, 6.07) is 3.94. The second-order valence-corrected chi connectivity index (χ2v) is 6.59. The third kappa shape index (κ3) is 3.56. The van der Waals surface area contributed by atoms with E-state index in [2.05, 4.69) is 30.5 Å². The summed E-state index contributed by atoms with van der Waals surface area (Å²) < 4.78 is 6.10. The van der Waals surface area contributed by atoms with Gasteiger partial charge in [0.1, 0.15) is 5.82 Å². The van der Waals surface area contributed by atoms with E-state index in [1.807, 2.05) is 18.3 Å². The van der Waals surface area contributed by atoms with Crippen molar-refractivity contribution >= 4 is 17.5 Å². The Morgan fingerprint density at radius 2 is 2.35 bits per heavy atom. The van der Waals surface area contributed by atoms with Gasteiger partial charge in [0, 0.05) is 31.7 Å². The molecule has 26 heavy (non-hydrogen) atoms. The van der Waals surface area contributed by atoms with E-state index < -0.39 is 0 Å². The molecule has 0 bridgehead atoms. The predicted molar refractivity (Wildman–Crippen MR) is 99.0 cm³/mol. The molecular formula is C18H24N6O2. The van der Waals surface area contributed by atoms with Crippen LogP contribution in [0.3, 0.4) is 0 Å². The minimum Gasteiger partial charge on any atom is -0.477 e. The van der Waals surface area contributed by atoms with Crippen LogP contribution in [0.2, 0.25) is 0 Å². The normalized spacial score (nSPS) is 18.8. The zero-order chi connectivity index (χ0) is 17.8. The van der Waals surface area contributed by atoms with Crippen LogP contribution < -0.4 is 20.3 Å². The van der Waals surface area contributed by atoms with Gasteiger partial charge in [-0.3, -0.25) is 4.98 Å². The van der Waals surface area contributed by atoms with Crippen LogP contribution in [0.15, 0.2) is 24.5 Å². The van der Waals surface area contributed by atoms with Gasteiger partial charge in [-0.05, 0) is 31.5 Å². The van der Waals surface area contributed by atoms with Gasteiger partial charge in [-0.1, -0.05) is 0 Å². The largest absolute Gasteiger partial charge is 0.477 e. The number of aliphatic hydroxyl groups is 1. The Balaban J connectivity index is 1.62. The highest BCUT2D eigenvalue weighted by molar-refractivity contribution is 5.68. The van der Waals surface area contributed by atoms with Crippen molar-refractivity contribution in [2.24, 2.45) is 5.92 Å². The van der Waals surface area contributed by atoms with Gasteiger partial charge in [-0.25, -0.2) is 0 Å². The number of aliphatic hydroxyl groups excluding tert-OH is 1. The topological polar surface area (TPSA) is 95.4 Å². The molecule has 0 saturated carbocycles. The van der Waals surface area contributed by atoms with E-state index in [-0.39, 0.29) is 6.61 Å². The smallest absolute Gasteiger partial charge is 0.228 e. The highest BCUT2D eigenvalue weighted by atomic mass is 16.5. The van der Waals surface area contributed by atoms with Crippen molar-refractivity contribution in [1.29, 1.82) is 0 Å². The molecule has 2 aliphatic heterocycles. The first-order valence-electron chi connectivity index (χ1n) is 9.12. The van der Waals surface area contributed by atoms with E-state index in [9.17, 15) is 0 Å². The number of hydrogen-bond donors (Lipinski definition) is 3. The molecule has 1 saturated heterocycles. The Morgan fingerprint density at radius 1 is 1.38 bits per heavy atom. The van der Waals surface area contributed by atoms with Crippen LogP contribution in [0.25, 0.3) is 0 Å². The predicted octanol–water partition coefficient (Wildman–Crippen LogP) is 0.958. The van der Waals surface area contributed by atoms with Crippen molar-refractivity contribution in [1.82, 2.24) is 20.3 Å². The Morgan fingerprint density at radius 3 is 3.12 bits per heavy atom. The van der Waals surface area contributed by atoms with E-state index in [0.29, 0.717) is 30.9 Å². The van der Waals surface area contributed by atoms with E-state index in [1.54, 1.807) is 6.20 Å². The number of rotatable bonds is 7. The van der Waals surface area contributed by atoms with Crippen molar-refractivity contribution in [3.8, 4) is 5.88 Å². The highest BCUT2D eigenvalue weighted by Crippen LogP contribution is 2.37. The van der Waals surface area contributed by atoms with Crippen LogP contribution in [0, 0.1) is 5.92 Å². The van der Waals surface area contributed by atoms with Crippen molar-refractivity contribution in [3.63, 3.8) is 0 Å². The standard InChI is InChI=1S/C18H24N6O2/c25-9-7-21-18-22-16-15(4-8-24(16)14-2-1-5-19-11-14)17(23-18)26-12-13-3-6-20-10-13/h1-2,5,11,13,20,25H,3-4,6-10,12H2,(H,21,22,23). The Bertz CT molecular complexity index is 736. The summed E-state index contributed by atoms with van der Waals surface area (Å²) in [4.78, 5) is 15.6. The minimum atomic E-state index is 0.0245. The SMILES string of the molecule is OCCNc1nc(OCC2CCNC2)c2c(n1)N(c1cccnc1)CC2. The summed E-state index contributed by atoms with van der Waals surface area (Å²) in [7, 11) is 0. The molecule has 8 nitrogen and oxygen atoms in total. The van der Waals surface area contributed by atoms with Crippen LogP contribution in [-0.4, -0.2) is 59.5 Å². The maximum Gasteiger partial charge on any atom is 0.228 e. The van der Waals surface area contributed by atoms with E-state index >= 15 is 0 Å². The average molecular weight is 356 g/mol. The Kier molecular flexibility index (Phi) is 5.12. The maximum atomic E-state index is 9.09. The molecular weight excluding hydrogens is 332 g/mol. The zero-order valence-corrected chi connectivity index (χ0v) is 14.7. The summed E-state index contributed by atoms with van der Waals surface area (Å²) >= 11 is 0. The second-order valence-electron chi connectivity index (χ2n) is 6.59. The summed E-state index contributed by atoms with van der Waals surface area (Å²) in [6.07, 6.45) is 5.56. The lowest BCUT2D eigenvalue weighted by Crippen LogP contribution is -2.18. The van der Waals surface area contributed by atoms with Crippen molar-refractivity contribution in [2.45, 2.75) is 12.8 Å². The van der Waals surface area contributed by atoms with E-state index in [0.717, 1.165) is 49.5 Å². The molecule has 0 radical (unpaired) electrons. The van der Waals surface area contributed by atoms with Gasteiger partial charge in [-0.2, -0.15) is 9.97 Å². The maximum absolute atomic E-state index is 9.09. The van der Waals surface area contributed by atoms with Crippen molar-refractivity contribution in [2.75, 3.05) is 49.6 Å². The molecule has 2 aliphatic rings. The number of anilines is 3. The minimum absolute atomic E-state index is 0.0245. The van der Waals surface area contributed by atoms with E-state index in [4.69, 9.17) is 9.84 Å². The molecule has 0 aliphatic carbocycles. The third-order valence-corrected chi connectivity index (χ3v) is 4.76. The molecule has 0 aromatic carbocycles. The first-order chi connectivity index (χ1) is 12.8. The number of aromatic nitrogens is 3. The molecule has 2 aromatic heterocycles. The fourth-order valence-corrected chi connectivity index (χ4v) is 3.41. The summed E-state index contributed by atoms with van der Waals surface area (Å²) in [5.41, 5.74) is 2.04. The van der Waals surface area contributed by atoms with Crippen LogP contribution in [0.4, 0.5) is 17.5 Å². The van der Waals surface area contributed by atoms with Gasteiger partial charge in [0.15, 0.2) is 0 Å². The quantitative estimate of drug-likeness (QED) is 0.675. The molecule has 3 N–H and O–H groups in total. The fourth-order valence-electron chi connectivity index (χ4n) is 3.41. The van der Waals surface area contributed by atoms with Gasteiger partial charge in [0.05, 0.1) is 30.7 Å². The summed E-state index contributed by atoms with van der Waals surface area (Å²) in [6.45, 7) is 3.94. The van der Waals surface area contributed by atoms with Crippen molar-refractivity contribution in [3.05, 3.63) is 30.1 Å². The number of fused-ring (bicyclic) bond motifs is 1. The Labute approximate surface area is 152 Å². The number of hydrogen-bond acceptors (Lipinski definition) is 8. The van der Waals surface area contributed by atoms with Crippen LogP contribution in [-0.2, 0) is 6.42 Å². The number of nitrogens with zero attached hydrogens (tertiary/aromatic N) is 4. The zero-order valence-electron chi connectivity index (χ0n) is 14.7. The molecule has 0 spiro atoms. The second kappa shape index (κ2) is 7.84. The van der Waals surface area contributed by atoms with E-state index in [1.165, 1.54) is 0 Å². The Hall–Kier alpha value is -2.45. The number of pyridine rings is 1. The lowest BCUT2D eigenvalue weighted by Gasteiger charge is -2.19. The molecule has 8 heteroatoms. The van der Waals surface area contributed by atoms with Crippen LogP contribution >= 0.6 is 0 Å². The lowest BCUT2D eigenvalue weighted by molar-refractivity contribution is 0.249. The van der Waals surface area contributed by atoms with Gasteiger partial charge >= 0.3 is 0 Å². The van der Waals surface area contributed by atoms with Crippen LogP contribution in [0.5, 0.6) is 5.88 Å². The molecule has 0 amide bonds. The first-order valence-corrected chi connectivity index (χ1v) is 9.12. The molecule has 4 rings (SSSR count). The fraction of sp³-hybridized carbons (Fsp3) is 0.500. The van der Waals surface area contributed by atoms with Gasteiger partial charge in [0.25, 0.3) is 0 Å². The third-order valence-electron chi connectivity index (χ3n) is 4.76. The summed E-state index contributed by atoms with van der Waals surface area (Å²) in [5.74, 6) is 2.50. The van der Waals surface area contributed by atoms with Crippen molar-refractivity contribution < 1.29 is 9.84 Å². The van der Waals surface area contributed by atoms with Gasteiger partial charge in [-0.15, -0.1) is 0 Å². The molecule has 2 aromatic rings. The number of nitrogens with one attached hydrogen (secondary N) is 2. The van der Waals surface area contributed by atoms with Gasteiger partial charge < -0.3 is 25.4 Å². The average Bonchev–Trinajstić information content (AvgIpc) is 3.35. The lowest BCUT2D eigenvalue weighted by atomic mass is 10.1. The summed E-state index contributed by atoms with van der Waals surface area (Å²) in [5, 5.41) is 15.5. The number of ether oxygens (including phenoxy) is 1. The first kappa shape index (κ1) is 17.0. The molecule has 1 atom stereocenters.